The molecule has 1 N–H and O–H groups in total. The van der Waals surface area contributed by atoms with E-state index in [-0.39, 0.29) is 0 Å². The van der Waals surface area contributed by atoms with Gasteiger partial charge in [-0.1, -0.05) is 43.7 Å². The summed E-state index contributed by atoms with van der Waals surface area (Å²) < 4.78 is 1.88. The Morgan fingerprint density at radius 3 is 2.71 bits per heavy atom. The molecule has 1 aromatic heterocycles. The molecule has 1 aliphatic heterocycles. The van der Waals surface area contributed by atoms with Crippen molar-refractivity contribution in [3.05, 3.63) is 48.2 Å². The normalized spacial score (nSPS) is 22.5. The van der Waals surface area contributed by atoms with Gasteiger partial charge in [0.1, 0.15) is 0 Å². The molecule has 0 aliphatic carbocycles. The Labute approximate surface area is 126 Å². The van der Waals surface area contributed by atoms with E-state index in [1.54, 1.807) is 0 Å². The van der Waals surface area contributed by atoms with E-state index in [9.17, 15) is 0 Å². The molecular weight excluding hydrogens is 260 g/mol. The highest BCUT2D eigenvalue weighted by Crippen LogP contribution is 2.28. The third-order valence-electron chi connectivity index (χ3n) is 4.21. The van der Waals surface area contributed by atoms with Crippen LogP contribution in [0, 0.1) is 0 Å². The van der Waals surface area contributed by atoms with Crippen LogP contribution in [0.4, 0.5) is 5.82 Å². The summed E-state index contributed by atoms with van der Waals surface area (Å²) >= 11 is 0. The van der Waals surface area contributed by atoms with Crippen molar-refractivity contribution in [2.75, 3.05) is 18.0 Å². The molecule has 1 fully saturated rings. The standard InChI is InChI=1S/C17H24N4/c1-3-7-15-13-21(17-10-11-20(2)19-17)16(12-18-15)14-8-5-4-6-9-14/h4-6,8-11,15-16,18H,3,7,12-13H2,1-2H3. The first-order valence-electron chi connectivity index (χ1n) is 7.82. The van der Waals surface area contributed by atoms with Crippen LogP contribution in [0.3, 0.4) is 0 Å². The Balaban J connectivity index is 1.87. The molecule has 1 aliphatic rings. The quantitative estimate of drug-likeness (QED) is 0.937. The Kier molecular flexibility index (Phi) is 4.25. The van der Waals surface area contributed by atoms with Crippen molar-refractivity contribution in [3.63, 3.8) is 0 Å². The summed E-state index contributed by atoms with van der Waals surface area (Å²) in [5.41, 5.74) is 1.35. The average Bonchev–Trinajstić information content (AvgIpc) is 2.95. The van der Waals surface area contributed by atoms with Crippen LogP contribution in [0.2, 0.25) is 0 Å². The van der Waals surface area contributed by atoms with Gasteiger partial charge in [0.15, 0.2) is 5.82 Å². The van der Waals surface area contributed by atoms with E-state index < -0.39 is 0 Å². The number of anilines is 1. The second kappa shape index (κ2) is 6.31. The molecule has 4 heteroatoms. The minimum atomic E-state index is 0.356. The molecule has 0 amide bonds. The summed E-state index contributed by atoms with van der Waals surface area (Å²) in [6, 6.07) is 13.7. The number of benzene rings is 1. The van der Waals surface area contributed by atoms with Gasteiger partial charge in [-0.25, -0.2) is 0 Å². The molecule has 3 rings (SSSR count). The van der Waals surface area contributed by atoms with Gasteiger partial charge in [-0.3, -0.25) is 4.68 Å². The molecule has 2 heterocycles. The van der Waals surface area contributed by atoms with Gasteiger partial charge in [0, 0.05) is 38.4 Å². The van der Waals surface area contributed by atoms with E-state index in [0.717, 1.165) is 18.9 Å². The average molecular weight is 284 g/mol. The Morgan fingerprint density at radius 1 is 1.24 bits per heavy atom. The monoisotopic (exact) mass is 284 g/mol. The second-order valence-electron chi connectivity index (χ2n) is 5.82. The maximum atomic E-state index is 4.62. The molecule has 0 radical (unpaired) electrons. The summed E-state index contributed by atoms with van der Waals surface area (Å²) in [5, 5.41) is 8.32. The predicted molar refractivity (Wildman–Crippen MR) is 86.4 cm³/mol. The zero-order chi connectivity index (χ0) is 14.7. The third-order valence-corrected chi connectivity index (χ3v) is 4.21. The van der Waals surface area contributed by atoms with Gasteiger partial charge in [-0.2, -0.15) is 5.10 Å². The lowest BCUT2D eigenvalue weighted by Gasteiger charge is -2.41. The van der Waals surface area contributed by atoms with E-state index in [2.05, 4.69) is 58.6 Å². The molecule has 4 nitrogen and oxygen atoms in total. The summed E-state index contributed by atoms with van der Waals surface area (Å²) in [7, 11) is 1.98. The van der Waals surface area contributed by atoms with Crippen LogP contribution in [0.15, 0.2) is 42.6 Å². The van der Waals surface area contributed by atoms with Crippen molar-refractivity contribution in [1.82, 2.24) is 15.1 Å². The van der Waals surface area contributed by atoms with Crippen molar-refractivity contribution < 1.29 is 0 Å². The number of piperazine rings is 1. The van der Waals surface area contributed by atoms with Crippen molar-refractivity contribution >= 4 is 5.82 Å². The van der Waals surface area contributed by atoms with Crippen LogP contribution in [0.1, 0.15) is 31.4 Å². The topological polar surface area (TPSA) is 33.1 Å². The van der Waals surface area contributed by atoms with Crippen LogP contribution >= 0.6 is 0 Å². The fourth-order valence-electron chi connectivity index (χ4n) is 3.14. The fourth-order valence-corrected chi connectivity index (χ4v) is 3.14. The summed E-state index contributed by atoms with van der Waals surface area (Å²) in [6.45, 7) is 4.24. The number of aromatic nitrogens is 2. The second-order valence-corrected chi connectivity index (χ2v) is 5.82. The van der Waals surface area contributed by atoms with E-state index in [4.69, 9.17) is 0 Å². The summed E-state index contributed by atoms with van der Waals surface area (Å²) in [4.78, 5) is 2.45. The number of aryl methyl sites for hydroxylation is 1. The smallest absolute Gasteiger partial charge is 0.151 e. The zero-order valence-corrected chi connectivity index (χ0v) is 12.9. The van der Waals surface area contributed by atoms with Gasteiger partial charge < -0.3 is 10.2 Å². The van der Waals surface area contributed by atoms with Gasteiger partial charge in [0.2, 0.25) is 0 Å². The first kappa shape index (κ1) is 14.1. The van der Waals surface area contributed by atoms with Crippen LogP contribution in [-0.4, -0.2) is 28.9 Å². The largest absolute Gasteiger partial charge is 0.345 e. The highest BCUT2D eigenvalue weighted by Gasteiger charge is 2.29. The van der Waals surface area contributed by atoms with E-state index in [0.29, 0.717) is 12.1 Å². The van der Waals surface area contributed by atoms with Gasteiger partial charge in [-0.15, -0.1) is 0 Å². The first-order valence-corrected chi connectivity index (χ1v) is 7.82. The number of nitrogens with one attached hydrogen (secondary N) is 1. The highest BCUT2D eigenvalue weighted by atomic mass is 15.4. The molecular formula is C17H24N4. The summed E-state index contributed by atoms with van der Waals surface area (Å²) in [5.74, 6) is 1.08. The number of hydrogen-bond acceptors (Lipinski definition) is 3. The lowest BCUT2D eigenvalue weighted by molar-refractivity contribution is 0.376. The maximum Gasteiger partial charge on any atom is 0.151 e. The molecule has 0 spiro atoms. The lowest BCUT2D eigenvalue weighted by atomic mass is 9.99. The van der Waals surface area contributed by atoms with Gasteiger partial charge in [-0.05, 0) is 12.0 Å². The van der Waals surface area contributed by atoms with Crippen molar-refractivity contribution in [1.29, 1.82) is 0 Å². The molecule has 2 aromatic rings. The van der Waals surface area contributed by atoms with Crippen LogP contribution in [0.25, 0.3) is 0 Å². The molecule has 2 unspecified atom stereocenters. The van der Waals surface area contributed by atoms with Crippen LogP contribution in [0.5, 0.6) is 0 Å². The molecule has 0 saturated carbocycles. The molecule has 1 saturated heterocycles. The van der Waals surface area contributed by atoms with E-state index in [1.807, 2.05) is 17.9 Å². The Hall–Kier alpha value is -1.81. The van der Waals surface area contributed by atoms with E-state index >= 15 is 0 Å². The van der Waals surface area contributed by atoms with Gasteiger partial charge >= 0.3 is 0 Å². The predicted octanol–water partition coefficient (Wildman–Crippen LogP) is 2.74. The molecule has 2 atom stereocenters. The minimum Gasteiger partial charge on any atom is -0.345 e. The Bertz CT molecular complexity index is 563. The van der Waals surface area contributed by atoms with Gasteiger partial charge in [0.25, 0.3) is 0 Å². The maximum absolute atomic E-state index is 4.62. The first-order chi connectivity index (χ1) is 10.3. The fraction of sp³-hybridized carbons (Fsp3) is 0.471. The Morgan fingerprint density at radius 2 is 2.05 bits per heavy atom. The van der Waals surface area contributed by atoms with Crippen molar-refractivity contribution in [2.45, 2.75) is 31.8 Å². The number of rotatable bonds is 4. The molecule has 1 aromatic carbocycles. The van der Waals surface area contributed by atoms with Crippen LogP contribution in [-0.2, 0) is 7.05 Å². The van der Waals surface area contributed by atoms with Crippen LogP contribution < -0.4 is 10.2 Å². The number of hydrogen-bond donors (Lipinski definition) is 1. The van der Waals surface area contributed by atoms with Crippen molar-refractivity contribution in [3.8, 4) is 0 Å². The lowest BCUT2D eigenvalue weighted by Crippen LogP contribution is -2.52. The molecule has 112 valence electrons. The molecule has 0 bridgehead atoms. The van der Waals surface area contributed by atoms with E-state index in [1.165, 1.54) is 18.4 Å². The number of nitrogens with zero attached hydrogens (tertiary/aromatic N) is 3. The SMILES string of the molecule is CCCC1CN(c2ccn(C)n2)C(c2ccccc2)CN1. The summed E-state index contributed by atoms with van der Waals surface area (Å²) in [6.07, 6.45) is 4.45. The van der Waals surface area contributed by atoms with Crippen molar-refractivity contribution in [2.24, 2.45) is 7.05 Å². The van der Waals surface area contributed by atoms with Gasteiger partial charge in [0.05, 0.1) is 6.04 Å². The molecule has 21 heavy (non-hydrogen) atoms. The highest BCUT2D eigenvalue weighted by molar-refractivity contribution is 5.43. The minimum absolute atomic E-state index is 0.356. The zero-order valence-electron chi connectivity index (χ0n) is 12.9. The third kappa shape index (κ3) is 3.10.